The highest BCUT2D eigenvalue weighted by molar-refractivity contribution is 5.94. The monoisotopic (exact) mass is 439 g/mol. The first-order chi connectivity index (χ1) is 16.1. The standard InChI is InChI=1S/C27H29N5O/c1-17-8-11-20(12-9-17)32-24-7-3-6-21(24)25(30-32)27(33)31-14-4-5-19(16-31)26-28-22-13-10-18(2)15-23(22)29-26/h8-13,15,19H,3-7,14,16H2,1-2H3,(H,28,29). The number of amides is 1. The van der Waals surface area contributed by atoms with E-state index in [1.807, 2.05) is 9.58 Å². The van der Waals surface area contributed by atoms with E-state index in [0.29, 0.717) is 12.2 Å². The maximum absolute atomic E-state index is 13.7. The number of benzene rings is 2. The lowest BCUT2D eigenvalue weighted by Crippen LogP contribution is -2.40. The van der Waals surface area contributed by atoms with Crippen molar-refractivity contribution in [2.75, 3.05) is 13.1 Å². The zero-order valence-corrected chi connectivity index (χ0v) is 19.3. The van der Waals surface area contributed by atoms with Gasteiger partial charge in [0.1, 0.15) is 5.82 Å². The Labute approximate surface area is 193 Å². The van der Waals surface area contributed by atoms with Crippen molar-refractivity contribution >= 4 is 16.9 Å². The van der Waals surface area contributed by atoms with Crippen LogP contribution in [0.1, 0.15) is 63.9 Å². The van der Waals surface area contributed by atoms with E-state index < -0.39 is 0 Å². The average Bonchev–Trinajstić information content (AvgIpc) is 3.54. The Bertz CT molecular complexity index is 1350. The zero-order valence-electron chi connectivity index (χ0n) is 19.3. The molecule has 1 fully saturated rings. The third-order valence-electron chi connectivity index (χ3n) is 7.16. The lowest BCUT2D eigenvalue weighted by Gasteiger charge is -2.31. The smallest absolute Gasteiger partial charge is 0.274 e. The number of aryl methyl sites for hydroxylation is 2. The highest BCUT2D eigenvalue weighted by Gasteiger charge is 2.33. The van der Waals surface area contributed by atoms with Crippen molar-refractivity contribution < 1.29 is 4.79 Å². The Hall–Kier alpha value is -3.41. The van der Waals surface area contributed by atoms with Crippen LogP contribution in [0.25, 0.3) is 16.7 Å². The molecule has 1 aliphatic carbocycles. The SMILES string of the molecule is Cc1ccc(-n2nc(C(=O)N3CCCC(c4nc5ccc(C)cc5[nH]4)C3)c3c2CCC3)cc1. The van der Waals surface area contributed by atoms with Gasteiger partial charge in [0.25, 0.3) is 5.91 Å². The van der Waals surface area contributed by atoms with Crippen LogP contribution < -0.4 is 0 Å². The van der Waals surface area contributed by atoms with Crippen LogP contribution >= 0.6 is 0 Å². The van der Waals surface area contributed by atoms with Crippen LogP contribution in [0, 0.1) is 13.8 Å². The Balaban J connectivity index is 1.29. The molecule has 0 spiro atoms. The molecule has 0 saturated carbocycles. The Morgan fingerprint density at radius 1 is 1.03 bits per heavy atom. The second kappa shape index (κ2) is 7.87. The number of piperidine rings is 1. The summed E-state index contributed by atoms with van der Waals surface area (Å²) in [7, 11) is 0. The number of carbonyl (C=O) groups is 1. The maximum Gasteiger partial charge on any atom is 0.274 e. The molecule has 6 rings (SSSR count). The van der Waals surface area contributed by atoms with E-state index in [4.69, 9.17) is 10.1 Å². The van der Waals surface area contributed by atoms with E-state index in [1.54, 1.807) is 0 Å². The maximum atomic E-state index is 13.7. The van der Waals surface area contributed by atoms with Gasteiger partial charge >= 0.3 is 0 Å². The predicted molar refractivity (Wildman–Crippen MR) is 129 cm³/mol. The molecule has 1 amide bonds. The first kappa shape index (κ1) is 20.2. The third-order valence-corrected chi connectivity index (χ3v) is 7.16. The van der Waals surface area contributed by atoms with E-state index in [-0.39, 0.29) is 11.8 Å². The summed E-state index contributed by atoms with van der Waals surface area (Å²) in [6.07, 6.45) is 5.01. The quantitative estimate of drug-likeness (QED) is 0.495. The van der Waals surface area contributed by atoms with Gasteiger partial charge in [-0.05, 0) is 75.8 Å². The number of nitrogens with one attached hydrogen (secondary N) is 1. The Morgan fingerprint density at radius 2 is 1.85 bits per heavy atom. The summed E-state index contributed by atoms with van der Waals surface area (Å²) in [5.74, 6) is 1.28. The molecule has 2 aromatic carbocycles. The molecule has 33 heavy (non-hydrogen) atoms. The first-order valence-electron chi connectivity index (χ1n) is 12.0. The van der Waals surface area contributed by atoms with Crippen LogP contribution in [-0.4, -0.2) is 43.6 Å². The number of nitrogens with zero attached hydrogens (tertiary/aromatic N) is 4. The molecular weight excluding hydrogens is 410 g/mol. The number of imidazole rings is 1. The van der Waals surface area contributed by atoms with Gasteiger partial charge in [0.05, 0.1) is 16.7 Å². The number of fused-ring (bicyclic) bond motifs is 2. The number of likely N-dealkylation sites (tertiary alicyclic amines) is 1. The van der Waals surface area contributed by atoms with Crippen LogP contribution in [0.5, 0.6) is 0 Å². The Kier molecular flexibility index (Phi) is 4.82. The summed E-state index contributed by atoms with van der Waals surface area (Å²) in [5, 5.41) is 4.85. The minimum absolute atomic E-state index is 0.0654. The van der Waals surface area contributed by atoms with Crippen molar-refractivity contribution in [3.05, 3.63) is 76.4 Å². The van der Waals surface area contributed by atoms with Crippen molar-refractivity contribution in [1.82, 2.24) is 24.6 Å². The van der Waals surface area contributed by atoms with E-state index in [0.717, 1.165) is 66.8 Å². The van der Waals surface area contributed by atoms with Crippen molar-refractivity contribution in [2.24, 2.45) is 0 Å². The molecule has 4 aromatic rings. The summed E-state index contributed by atoms with van der Waals surface area (Å²) in [5.41, 5.74) is 8.52. The molecule has 1 atom stereocenters. The number of aromatic amines is 1. The molecule has 168 valence electrons. The molecule has 2 aliphatic rings. The molecule has 2 aromatic heterocycles. The second-order valence-electron chi connectivity index (χ2n) is 9.61. The second-order valence-corrected chi connectivity index (χ2v) is 9.61. The van der Waals surface area contributed by atoms with Gasteiger partial charge in [0, 0.05) is 30.3 Å². The lowest BCUT2D eigenvalue weighted by molar-refractivity contribution is 0.0697. The van der Waals surface area contributed by atoms with Crippen molar-refractivity contribution in [3.63, 3.8) is 0 Å². The van der Waals surface area contributed by atoms with Gasteiger partial charge in [0.15, 0.2) is 5.69 Å². The number of rotatable bonds is 3. The molecule has 6 heteroatoms. The van der Waals surface area contributed by atoms with E-state index in [1.165, 1.54) is 16.8 Å². The molecule has 3 heterocycles. The molecule has 6 nitrogen and oxygen atoms in total. The lowest BCUT2D eigenvalue weighted by atomic mass is 9.97. The predicted octanol–water partition coefficient (Wildman–Crippen LogP) is 4.87. The fourth-order valence-corrected chi connectivity index (χ4v) is 5.38. The molecule has 1 saturated heterocycles. The summed E-state index contributed by atoms with van der Waals surface area (Å²) >= 11 is 0. The van der Waals surface area contributed by atoms with Gasteiger partial charge < -0.3 is 9.88 Å². The molecule has 0 radical (unpaired) electrons. The minimum Gasteiger partial charge on any atom is -0.342 e. The van der Waals surface area contributed by atoms with Crippen molar-refractivity contribution in [1.29, 1.82) is 0 Å². The van der Waals surface area contributed by atoms with Crippen LogP contribution in [0.15, 0.2) is 42.5 Å². The molecular formula is C27H29N5O. The number of carbonyl (C=O) groups excluding carboxylic acids is 1. The van der Waals surface area contributed by atoms with Crippen LogP contribution in [-0.2, 0) is 12.8 Å². The fraction of sp³-hybridized carbons (Fsp3) is 0.370. The van der Waals surface area contributed by atoms with Crippen LogP contribution in [0.3, 0.4) is 0 Å². The summed E-state index contributed by atoms with van der Waals surface area (Å²) < 4.78 is 2.00. The van der Waals surface area contributed by atoms with Gasteiger partial charge in [-0.3, -0.25) is 4.79 Å². The number of aromatic nitrogens is 4. The third kappa shape index (κ3) is 3.54. The van der Waals surface area contributed by atoms with Gasteiger partial charge in [-0.25, -0.2) is 9.67 Å². The minimum atomic E-state index is 0.0654. The van der Waals surface area contributed by atoms with Crippen LogP contribution in [0.4, 0.5) is 0 Å². The highest BCUT2D eigenvalue weighted by atomic mass is 16.2. The average molecular weight is 440 g/mol. The van der Waals surface area contributed by atoms with Gasteiger partial charge in [0.2, 0.25) is 0 Å². The number of hydrogen-bond acceptors (Lipinski definition) is 3. The number of hydrogen-bond donors (Lipinski definition) is 1. The van der Waals surface area contributed by atoms with E-state index >= 15 is 0 Å². The van der Waals surface area contributed by atoms with E-state index in [9.17, 15) is 4.79 Å². The number of H-pyrrole nitrogens is 1. The molecule has 1 unspecified atom stereocenters. The molecule has 1 N–H and O–H groups in total. The zero-order chi connectivity index (χ0) is 22.5. The van der Waals surface area contributed by atoms with E-state index in [2.05, 4.69) is 61.3 Å². The van der Waals surface area contributed by atoms with Gasteiger partial charge in [-0.15, -0.1) is 0 Å². The Morgan fingerprint density at radius 3 is 2.70 bits per heavy atom. The largest absolute Gasteiger partial charge is 0.342 e. The van der Waals surface area contributed by atoms with Gasteiger partial charge in [-0.1, -0.05) is 23.8 Å². The van der Waals surface area contributed by atoms with Crippen molar-refractivity contribution in [2.45, 2.75) is 51.9 Å². The summed E-state index contributed by atoms with van der Waals surface area (Å²) in [4.78, 5) is 24.0. The molecule has 0 bridgehead atoms. The van der Waals surface area contributed by atoms with Gasteiger partial charge in [-0.2, -0.15) is 5.10 Å². The van der Waals surface area contributed by atoms with Crippen molar-refractivity contribution in [3.8, 4) is 5.69 Å². The summed E-state index contributed by atoms with van der Waals surface area (Å²) in [6, 6.07) is 14.7. The highest BCUT2D eigenvalue weighted by Crippen LogP contribution is 2.31. The fourth-order valence-electron chi connectivity index (χ4n) is 5.38. The molecule has 1 aliphatic heterocycles. The topological polar surface area (TPSA) is 66.8 Å². The van der Waals surface area contributed by atoms with Crippen LogP contribution in [0.2, 0.25) is 0 Å². The normalized spacial score (nSPS) is 18.1. The summed E-state index contributed by atoms with van der Waals surface area (Å²) in [6.45, 7) is 5.64. The first-order valence-corrected chi connectivity index (χ1v) is 12.0.